The molecular weight excluding hydrogens is 564 g/mol. The van der Waals surface area contributed by atoms with Crippen molar-refractivity contribution in [2.75, 3.05) is 6.54 Å². The van der Waals surface area contributed by atoms with E-state index in [1.807, 2.05) is 56.3 Å². The van der Waals surface area contributed by atoms with Gasteiger partial charge < -0.3 is 26.2 Å². The predicted octanol–water partition coefficient (Wildman–Crippen LogP) is 2.35. The number of amides is 4. The number of aliphatic hydroxyl groups excluding tert-OH is 1. The molecule has 0 unspecified atom stereocenters. The summed E-state index contributed by atoms with van der Waals surface area (Å²) < 4.78 is 5.23. The molecule has 2 aromatic carbocycles. The minimum Gasteiger partial charge on any atom is -0.443 e. The number of fused-ring (bicyclic) bond motifs is 1. The SMILES string of the molecule is CC(C)[C@](Cc1ccccc1)(NC(=O)[C@H](CC(N)=O)NC(=O)c1ccc2ccccc2n1)[C@H](O)CNNC(=O)OC(C)(C)C. The number of ether oxygens (including phenoxy) is 1. The fourth-order valence-corrected chi connectivity index (χ4v) is 4.77. The lowest BCUT2D eigenvalue weighted by Crippen LogP contribution is -2.67. The summed E-state index contributed by atoms with van der Waals surface area (Å²) in [7, 11) is 0. The molecule has 7 N–H and O–H groups in total. The number of para-hydroxylation sites is 1. The third kappa shape index (κ3) is 9.48. The molecule has 3 aromatic rings. The van der Waals surface area contributed by atoms with Gasteiger partial charge >= 0.3 is 6.09 Å². The third-order valence-electron chi connectivity index (χ3n) is 7.06. The second kappa shape index (κ2) is 14.8. The second-order valence-corrected chi connectivity index (χ2v) is 12.0. The molecule has 12 nitrogen and oxygen atoms in total. The van der Waals surface area contributed by atoms with Crippen molar-refractivity contribution in [3.8, 4) is 0 Å². The van der Waals surface area contributed by atoms with Gasteiger partial charge in [0.1, 0.15) is 17.3 Å². The summed E-state index contributed by atoms with van der Waals surface area (Å²) in [5.74, 6) is -2.56. The Hall–Kier alpha value is -4.55. The molecule has 0 saturated carbocycles. The smallest absolute Gasteiger partial charge is 0.422 e. The number of nitrogens with two attached hydrogens (primary N) is 1. The molecule has 0 aliphatic rings. The lowest BCUT2D eigenvalue weighted by molar-refractivity contribution is -0.130. The zero-order valence-corrected chi connectivity index (χ0v) is 25.7. The van der Waals surface area contributed by atoms with E-state index < -0.39 is 53.5 Å². The van der Waals surface area contributed by atoms with Gasteiger partial charge in [0, 0.05) is 11.9 Å². The Morgan fingerprint density at radius 2 is 1.61 bits per heavy atom. The largest absolute Gasteiger partial charge is 0.443 e. The Labute approximate surface area is 257 Å². The highest BCUT2D eigenvalue weighted by atomic mass is 16.6. The summed E-state index contributed by atoms with van der Waals surface area (Å²) >= 11 is 0. The van der Waals surface area contributed by atoms with E-state index in [4.69, 9.17) is 10.5 Å². The first-order chi connectivity index (χ1) is 20.7. The standard InChI is InChI=1S/C32H42N6O6/c1-20(2)32(18-21-11-7-6-8-12-21,26(39)19-34-38-30(43)44-31(3,4)5)37-29(42)25(17-27(33)40)36-28(41)24-16-15-22-13-9-10-14-23(22)35-24/h6-16,20,25-26,34,39H,17-19H2,1-5H3,(H2,33,40)(H,36,41)(H,37,42)(H,38,43)/t25-,26+,32-/m0/s1. The Balaban J connectivity index is 1.87. The van der Waals surface area contributed by atoms with Crippen molar-refractivity contribution in [2.45, 2.75) is 70.7 Å². The van der Waals surface area contributed by atoms with Crippen molar-refractivity contribution in [1.29, 1.82) is 0 Å². The number of rotatable bonds is 13. The van der Waals surface area contributed by atoms with Crippen molar-refractivity contribution >= 4 is 34.7 Å². The van der Waals surface area contributed by atoms with E-state index in [1.54, 1.807) is 39.0 Å². The number of carbonyl (C=O) groups excluding carboxylic acids is 4. The molecule has 0 bridgehead atoms. The highest BCUT2D eigenvalue weighted by Crippen LogP contribution is 2.27. The molecule has 3 rings (SSSR count). The highest BCUT2D eigenvalue weighted by Gasteiger charge is 2.44. The summed E-state index contributed by atoms with van der Waals surface area (Å²) in [4.78, 5) is 55.5. The second-order valence-electron chi connectivity index (χ2n) is 12.0. The van der Waals surface area contributed by atoms with Gasteiger partial charge in [-0.1, -0.05) is 68.4 Å². The van der Waals surface area contributed by atoms with Crippen LogP contribution in [-0.4, -0.2) is 63.7 Å². The van der Waals surface area contributed by atoms with Crippen molar-refractivity contribution in [1.82, 2.24) is 26.5 Å². The van der Waals surface area contributed by atoms with Crippen LogP contribution < -0.4 is 27.2 Å². The molecule has 1 aromatic heterocycles. The highest BCUT2D eigenvalue weighted by molar-refractivity contribution is 5.99. The molecule has 0 aliphatic heterocycles. The Kier molecular flexibility index (Phi) is 11.4. The number of hydrazine groups is 1. The fraction of sp³-hybridized carbons (Fsp3) is 0.406. The fourth-order valence-electron chi connectivity index (χ4n) is 4.77. The Bertz CT molecular complexity index is 1460. The van der Waals surface area contributed by atoms with Crippen LogP contribution in [0.15, 0.2) is 66.7 Å². The van der Waals surface area contributed by atoms with Gasteiger partial charge in [-0.2, -0.15) is 0 Å². The number of pyridine rings is 1. The lowest BCUT2D eigenvalue weighted by atomic mass is 9.76. The third-order valence-corrected chi connectivity index (χ3v) is 7.06. The topological polar surface area (TPSA) is 185 Å². The minimum atomic E-state index is -1.36. The molecule has 12 heteroatoms. The summed E-state index contributed by atoms with van der Waals surface area (Å²) in [6, 6.07) is 18.4. The number of nitrogens with one attached hydrogen (secondary N) is 4. The van der Waals surface area contributed by atoms with Crippen molar-refractivity contribution < 1.29 is 29.0 Å². The molecule has 4 amide bonds. The average molecular weight is 607 g/mol. The molecule has 0 fully saturated rings. The van der Waals surface area contributed by atoms with E-state index in [2.05, 4.69) is 26.5 Å². The maximum atomic E-state index is 13.8. The molecule has 0 radical (unpaired) electrons. The van der Waals surface area contributed by atoms with E-state index in [0.717, 1.165) is 10.9 Å². The predicted molar refractivity (Wildman–Crippen MR) is 166 cm³/mol. The van der Waals surface area contributed by atoms with Crippen molar-refractivity contribution in [3.05, 3.63) is 78.0 Å². The van der Waals surface area contributed by atoms with Gasteiger partial charge in [0.25, 0.3) is 5.91 Å². The first kappa shape index (κ1) is 33.9. The quantitative estimate of drug-likeness (QED) is 0.160. The first-order valence-electron chi connectivity index (χ1n) is 14.4. The van der Waals surface area contributed by atoms with Gasteiger partial charge in [-0.15, -0.1) is 0 Å². The van der Waals surface area contributed by atoms with Crippen LogP contribution >= 0.6 is 0 Å². The molecule has 1 heterocycles. The number of primary amides is 1. The Morgan fingerprint density at radius 1 is 0.955 bits per heavy atom. The van der Waals surface area contributed by atoms with E-state index in [0.29, 0.717) is 5.52 Å². The zero-order chi connectivity index (χ0) is 32.5. The van der Waals surface area contributed by atoms with Gasteiger partial charge in [0.05, 0.1) is 23.6 Å². The number of carbonyl (C=O) groups is 4. The van der Waals surface area contributed by atoms with Crippen LogP contribution in [-0.2, 0) is 20.7 Å². The number of hydrogen-bond donors (Lipinski definition) is 6. The lowest BCUT2D eigenvalue weighted by Gasteiger charge is -2.43. The summed E-state index contributed by atoms with van der Waals surface area (Å²) in [6.45, 7) is 8.65. The van der Waals surface area contributed by atoms with Gasteiger partial charge in [0.2, 0.25) is 11.8 Å². The number of benzene rings is 2. The van der Waals surface area contributed by atoms with Gasteiger partial charge in [-0.25, -0.2) is 15.2 Å². The van der Waals surface area contributed by atoms with E-state index in [9.17, 15) is 24.3 Å². The van der Waals surface area contributed by atoms with Crippen LogP contribution in [0.25, 0.3) is 10.9 Å². The van der Waals surface area contributed by atoms with E-state index >= 15 is 0 Å². The zero-order valence-electron chi connectivity index (χ0n) is 25.7. The van der Waals surface area contributed by atoms with E-state index in [1.165, 1.54) is 6.07 Å². The average Bonchev–Trinajstić information content (AvgIpc) is 2.95. The van der Waals surface area contributed by atoms with Crippen LogP contribution in [0.3, 0.4) is 0 Å². The normalized spacial score (nSPS) is 14.2. The number of aromatic nitrogens is 1. The minimum absolute atomic E-state index is 0.0582. The maximum absolute atomic E-state index is 13.8. The van der Waals surface area contributed by atoms with Crippen molar-refractivity contribution in [3.63, 3.8) is 0 Å². The number of aliphatic hydroxyl groups is 1. The van der Waals surface area contributed by atoms with Gasteiger partial charge in [-0.05, 0) is 50.8 Å². The number of hydrogen-bond acceptors (Lipinski definition) is 8. The molecule has 0 aliphatic carbocycles. The van der Waals surface area contributed by atoms with E-state index in [-0.39, 0.29) is 24.6 Å². The van der Waals surface area contributed by atoms with Crippen LogP contribution in [0.2, 0.25) is 0 Å². The molecular formula is C32H42N6O6. The van der Waals surface area contributed by atoms with Gasteiger partial charge in [0.15, 0.2) is 0 Å². The molecule has 3 atom stereocenters. The van der Waals surface area contributed by atoms with Crippen LogP contribution in [0.5, 0.6) is 0 Å². The first-order valence-corrected chi connectivity index (χ1v) is 14.4. The van der Waals surface area contributed by atoms with Crippen LogP contribution in [0.4, 0.5) is 4.79 Å². The van der Waals surface area contributed by atoms with Gasteiger partial charge in [-0.3, -0.25) is 19.8 Å². The number of nitrogens with zero attached hydrogens (tertiary/aromatic N) is 1. The molecule has 44 heavy (non-hydrogen) atoms. The molecule has 0 spiro atoms. The monoisotopic (exact) mass is 606 g/mol. The summed E-state index contributed by atoms with van der Waals surface area (Å²) in [6.07, 6.45) is -2.29. The van der Waals surface area contributed by atoms with Crippen LogP contribution in [0.1, 0.15) is 57.1 Å². The van der Waals surface area contributed by atoms with Crippen molar-refractivity contribution in [2.24, 2.45) is 11.7 Å². The summed E-state index contributed by atoms with van der Waals surface area (Å²) in [5, 5.41) is 17.9. The van der Waals surface area contributed by atoms with Crippen LogP contribution in [0, 0.1) is 5.92 Å². The Morgan fingerprint density at radius 3 is 2.25 bits per heavy atom. The molecule has 236 valence electrons. The molecule has 0 saturated heterocycles. The summed E-state index contributed by atoms with van der Waals surface area (Å²) in [5.41, 5.74) is 9.96. The maximum Gasteiger partial charge on any atom is 0.422 e.